The fourth-order valence-corrected chi connectivity index (χ4v) is 2.63. The van der Waals surface area contributed by atoms with E-state index in [1.54, 1.807) is 12.0 Å². The Balaban J connectivity index is 2.24. The second-order valence-electron chi connectivity index (χ2n) is 5.83. The van der Waals surface area contributed by atoms with Gasteiger partial charge < -0.3 is 15.4 Å². The summed E-state index contributed by atoms with van der Waals surface area (Å²) in [6.07, 6.45) is 0.674. The summed E-state index contributed by atoms with van der Waals surface area (Å²) in [4.78, 5) is 26.3. The molecule has 1 unspecified atom stereocenters. The van der Waals surface area contributed by atoms with E-state index in [9.17, 15) is 9.59 Å². The molecule has 0 fully saturated rings. The van der Waals surface area contributed by atoms with Gasteiger partial charge in [0.2, 0.25) is 11.8 Å². The van der Waals surface area contributed by atoms with Crippen LogP contribution < -0.4 is 15.5 Å². The predicted molar refractivity (Wildman–Crippen MR) is 90.9 cm³/mol. The van der Waals surface area contributed by atoms with Crippen molar-refractivity contribution in [3.63, 3.8) is 0 Å². The van der Waals surface area contributed by atoms with Crippen molar-refractivity contribution in [2.75, 3.05) is 37.0 Å². The smallest absolute Gasteiger partial charge is 0.250 e. The summed E-state index contributed by atoms with van der Waals surface area (Å²) in [7, 11) is 1.58. The van der Waals surface area contributed by atoms with Crippen molar-refractivity contribution in [1.82, 2.24) is 5.32 Å². The van der Waals surface area contributed by atoms with E-state index in [-0.39, 0.29) is 24.4 Å². The minimum absolute atomic E-state index is 0.0240. The number of anilines is 2. The van der Waals surface area contributed by atoms with Gasteiger partial charge in [-0.2, -0.15) is 0 Å². The van der Waals surface area contributed by atoms with Crippen LogP contribution in [-0.2, 0) is 14.3 Å². The number of fused-ring (bicyclic) bond motifs is 1. The molecule has 2 rings (SSSR count). The molecule has 0 radical (unpaired) electrons. The summed E-state index contributed by atoms with van der Waals surface area (Å²) >= 11 is 0. The standard InChI is InChI=1S/C17H25N3O3/c1-5-13-17(22)20(10-16(21)18-6-7-23-4)15-9-12(3)11(2)8-14(15)19-13/h8-9,13,19H,5-7,10H2,1-4H3,(H,18,21). The lowest BCUT2D eigenvalue weighted by atomic mass is 10.0. The topological polar surface area (TPSA) is 70.7 Å². The first-order chi connectivity index (χ1) is 11.0. The fourth-order valence-electron chi connectivity index (χ4n) is 2.63. The fraction of sp³-hybridized carbons (Fsp3) is 0.529. The highest BCUT2D eigenvalue weighted by Crippen LogP contribution is 2.34. The molecule has 0 saturated carbocycles. The van der Waals surface area contributed by atoms with Gasteiger partial charge >= 0.3 is 0 Å². The Kier molecular flexibility index (Phi) is 5.60. The maximum atomic E-state index is 12.6. The summed E-state index contributed by atoms with van der Waals surface area (Å²) in [5.41, 5.74) is 3.93. The van der Waals surface area contributed by atoms with Crippen LogP contribution >= 0.6 is 0 Å². The van der Waals surface area contributed by atoms with Gasteiger partial charge in [0.05, 0.1) is 18.0 Å². The van der Waals surface area contributed by atoms with E-state index in [0.717, 1.165) is 22.5 Å². The third-order valence-electron chi connectivity index (χ3n) is 4.14. The zero-order valence-corrected chi connectivity index (χ0v) is 14.2. The van der Waals surface area contributed by atoms with Gasteiger partial charge in [0, 0.05) is 13.7 Å². The SMILES string of the molecule is CCC1Nc2cc(C)c(C)cc2N(CC(=O)NCCOC)C1=O. The average Bonchev–Trinajstić information content (AvgIpc) is 2.52. The van der Waals surface area contributed by atoms with Crippen LogP contribution in [0.5, 0.6) is 0 Å². The second kappa shape index (κ2) is 7.46. The maximum Gasteiger partial charge on any atom is 0.250 e. The number of nitrogens with one attached hydrogen (secondary N) is 2. The molecule has 6 heteroatoms. The molecule has 0 bridgehead atoms. The first-order valence-electron chi connectivity index (χ1n) is 7.92. The van der Waals surface area contributed by atoms with Crippen LogP contribution in [0.1, 0.15) is 24.5 Å². The molecule has 0 aliphatic carbocycles. The van der Waals surface area contributed by atoms with Crippen LogP contribution in [-0.4, -0.2) is 44.7 Å². The number of aryl methyl sites for hydroxylation is 2. The molecule has 0 aromatic heterocycles. The summed E-state index contributed by atoms with van der Waals surface area (Å²) in [6, 6.07) is 3.70. The number of methoxy groups -OCH3 is 1. The molecule has 1 aromatic carbocycles. The lowest BCUT2D eigenvalue weighted by Crippen LogP contribution is -2.50. The molecule has 1 aromatic rings. The Labute approximate surface area is 137 Å². The lowest BCUT2D eigenvalue weighted by Gasteiger charge is -2.35. The van der Waals surface area contributed by atoms with Gasteiger partial charge in [0.15, 0.2) is 0 Å². The maximum absolute atomic E-state index is 12.6. The monoisotopic (exact) mass is 319 g/mol. The molecule has 1 atom stereocenters. The molecular formula is C17H25N3O3. The third-order valence-corrected chi connectivity index (χ3v) is 4.14. The normalized spacial score (nSPS) is 16.8. The van der Waals surface area contributed by atoms with E-state index < -0.39 is 0 Å². The van der Waals surface area contributed by atoms with Crippen molar-refractivity contribution in [2.24, 2.45) is 0 Å². The van der Waals surface area contributed by atoms with Gasteiger partial charge in [-0.15, -0.1) is 0 Å². The van der Waals surface area contributed by atoms with Gasteiger partial charge in [0.25, 0.3) is 0 Å². The van der Waals surface area contributed by atoms with Crippen LogP contribution in [0.3, 0.4) is 0 Å². The third kappa shape index (κ3) is 3.82. The molecule has 6 nitrogen and oxygen atoms in total. The number of amides is 2. The number of carbonyl (C=O) groups is 2. The number of benzene rings is 1. The molecule has 1 heterocycles. The van der Waals surface area contributed by atoms with E-state index in [1.807, 2.05) is 32.9 Å². The molecule has 2 N–H and O–H groups in total. The Morgan fingerprint density at radius 1 is 1.35 bits per heavy atom. The summed E-state index contributed by atoms with van der Waals surface area (Å²) in [6.45, 7) is 6.91. The molecule has 126 valence electrons. The van der Waals surface area contributed by atoms with Crippen molar-refractivity contribution in [2.45, 2.75) is 33.2 Å². The minimum Gasteiger partial charge on any atom is -0.383 e. The number of hydrogen-bond donors (Lipinski definition) is 2. The van der Waals surface area contributed by atoms with Gasteiger partial charge in [-0.25, -0.2) is 0 Å². The zero-order valence-electron chi connectivity index (χ0n) is 14.2. The number of rotatable bonds is 6. The number of ether oxygens (including phenoxy) is 1. The van der Waals surface area contributed by atoms with Crippen molar-refractivity contribution in [3.05, 3.63) is 23.3 Å². The molecule has 0 spiro atoms. The lowest BCUT2D eigenvalue weighted by molar-refractivity contribution is -0.124. The number of carbonyl (C=O) groups excluding carboxylic acids is 2. The van der Waals surface area contributed by atoms with Gasteiger partial charge in [-0.3, -0.25) is 14.5 Å². The highest BCUT2D eigenvalue weighted by atomic mass is 16.5. The average molecular weight is 319 g/mol. The first-order valence-corrected chi connectivity index (χ1v) is 7.92. The minimum atomic E-state index is -0.295. The Hall–Kier alpha value is -2.08. The van der Waals surface area contributed by atoms with E-state index in [1.165, 1.54) is 0 Å². The highest BCUT2D eigenvalue weighted by molar-refractivity contribution is 6.08. The van der Waals surface area contributed by atoms with E-state index >= 15 is 0 Å². The number of nitrogens with zero attached hydrogens (tertiary/aromatic N) is 1. The molecule has 1 aliphatic heterocycles. The second-order valence-corrected chi connectivity index (χ2v) is 5.83. The van der Waals surface area contributed by atoms with Gasteiger partial charge in [0.1, 0.15) is 12.6 Å². The summed E-state index contributed by atoms with van der Waals surface area (Å²) in [5, 5.41) is 6.04. The van der Waals surface area contributed by atoms with E-state index in [2.05, 4.69) is 10.6 Å². The Bertz CT molecular complexity index is 601. The first kappa shape index (κ1) is 17.3. The van der Waals surface area contributed by atoms with Crippen molar-refractivity contribution >= 4 is 23.2 Å². The number of hydrogen-bond acceptors (Lipinski definition) is 4. The van der Waals surface area contributed by atoms with Crippen molar-refractivity contribution in [1.29, 1.82) is 0 Å². The van der Waals surface area contributed by atoms with Crippen LogP contribution in [0.4, 0.5) is 11.4 Å². The molecule has 23 heavy (non-hydrogen) atoms. The summed E-state index contributed by atoms with van der Waals surface area (Å²) < 4.78 is 4.92. The van der Waals surface area contributed by atoms with Crippen molar-refractivity contribution < 1.29 is 14.3 Å². The van der Waals surface area contributed by atoms with Gasteiger partial charge in [-0.1, -0.05) is 6.92 Å². The highest BCUT2D eigenvalue weighted by Gasteiger charge is 2.32. The molecular weight excluding hydrogens is 294 g/mol. The largest absolute Gasteiger partial charge is 0.383 e. The van der Waals surface area contributed by atoms with Crippen LogP contribution in [0.2, 0.25) is 0 Å². The quantitative estimate of drug-likeness (QED) is 0.782. The van der Waals surface area contributed by atoms with Crippen LogP contribution in [0.15, 0.2) is 12.1 Å². The Morgan fingerprint density at radius 2 is 2.04 bits per heavy atom. The van der Waals surface area contributed by atoms with E-state index in [0.29, 0.717) is 19.6 Å². The van der Waals surface area contributed by atoms with Crippen LogP contribution in [0.25, 0.3) is 0 Å². The zero-order chi connectivity index (χ0) is 17.0. The summed E-state index contributed by atoms with van der Waals surface area (Å²) in [5.74, 6) is -0.249. The predicted octanol–water partition coefficient (Wildman–Crippen LogP) is 1.60. The van der Waals surface area contributed by atoms with Crippen molar-refractivity contribution in [3.8, 4) is 0 Å². The molecule has 1 aliphatic rings. The molecule has 2 amide bonds. The Morgan fingerprint density at radius 3 is 2.70 bits per heavy atom. The van der Waals surface area contributed by atoms with E-state index in [4.69, 9.17) is 4.74 Å². The molecule has 0 saturated heterocycles. The van der Waals surface area contributed by atoms with Gasteiger partial charge in [-0.05, 0) is 43.5 Å². The van der Waals surface area contributed by atoms with Crippen LogP contribution in [0, 0.1) is 13.8 Å².